The number of unbranched alkanes of at least 4 members (excludes halogenated alkanes) is 14. The van der Waals surface area contributed by atoms with E-state index < -0.39 is 10.1 Å². The predicted molar refractivity (Wildman–Crippen MR) is 129 cm³/mol. The molecule has 0 aromatic heterocycles. The summed E-state index contributed by atoms with van der Waals surface area (Å²) in [6.07, 6.45) is 21.5. The van der Waals surface area contributed by atoms with Gasteiger partial charge in [-0.3, -0.25) is 4.55 Å². The maximum Gasteiger partial charge on any atom is 0.294 e. The van der Waals surface area contributed by atoms with Crippen LogP contribution < -0.4 is 0 Å². The Hall–Kier alpha value is -0.870. The molecule has 0 aliphatic carbocycles. The fourth-order valence-electron chi connectivity index (χ4n) is 4.11. The lowest BCUT2D eigenvalue weighted by Crippen LogP contribution is -2.05. The van der Waals surface area contributed by atoms with E-state index in [-0.39, 0.29) is 4.90 Å². The Morgan fingerprint density at radius 1 is 0.633 bits per heavy atom. The van der Waals surface area contributed by atoms with E-state index in [1.54, 1.807) is 6.07 Å². The molecule has 1 rings (SSSR count). The SMILES string of the molecule is CCCCCCCCCCc1ccc(CCCCCCCCCC)c(S(=O)(=O)O)c1. The summed E-state index contributed by atoms with van der Waals surface area (Å²) >= 11 is 0. The van der Waals surface area contributed by atoms with Crippen molar-refractivity contribution in [2.24, 2.45) is 0 Å². The number of hydrogen-bond acceptors (Lipinski definition) is 2. The molecule has 0 radical (unpaired) electrons. The minimum Gasteiger partial charge on any atom is -0.282 e. The number of aryl methyl sites for hydroxylation is 2. The topological polar surface area (TPSA) is 54.4 Å². The zero-order valence-electron chi connectivity index (χ0n) is 19.6. The minimum absolute atomic E-state index is 0.127. The number of hydrogen-bond donors (Lipinski definition) is 1. The van der Waals surface area contributed by atoms with Gasteiger partial charge in [0, 0.05) is 0 Å². The van der Waals surface area contributed by atoms with Crippen LogP contribution in [0.15, 0.2) is 23.1 Å². The van der Waals surface area contributed by atoms with Crippen molar-refractivity contribution in [3.05, 3.63) is 29.3 Å². The molecule has 30 heavy (non-hydrogen) atoms. The van der Waals surface area contributed by atoms with E-state index in [1.807, 2.05) is 6.07 Å². The van der Waals surface area contributed by atoms with Gasteiger partial charge in [0.1, 0.15) is 0 Å². The quantitative estimate of drug-likeness (QED) is 0.174. The highest BCUT2D eigenvalue weighted by Gasteiger charge is 2.16. The third kappa shape index (κ3) is 12.7. The first-order valence-corrected chi connectivity index (χ1v) is 14.0. The third-order valence-corrected chi connectivity index (χ3v) is 6.96. The molecule has 174 valence electrons. The van der Waals surface area contributed by atoms with Crippen LogP contribution in [0.1, 0.15) is 128 Å². The summed E-state index contributed by atoms with van der Waals surface area (Å²) in [6.45, 7) is 4.47. The zero-order valence-corrected chi connectivity index (χ0v) is 20.4. The van der Waals surface area contributed by atoms with Gasteiger partial charge in [-0.15, -0.1) is 0 Å². The summed E-state index contributed by atoms with van der Waals surface area (Å²) in [7, 11) is -4.16. The Labute approximate surface area is 186 Å². The first-order valence-electron chi connectivity index (χ1n) is 12.6. The fourth-order valence-corrected chi connectivity index (χ4v) is 4.92. The molecule has 1 N–H and O–H groups in total. The van der Waals surface area contributed by atoms with E-state index >= 15 is 0 Å². The average molecular weight is 439 g/mol. The molecule has 0 aliphatic rings. The van der Waals surface area contributed by atoms with E-state index in [0.29, 0.717) is 0 Å². The summed E-state index contributed by atoms with van der Waals surface area (Å²) < 4.78 is 33.5. The van der Waals surface area contributed by atoms with Gasteiger partial charge in [0.2, 0.25) is 0 Å². The first-order chi connectivity index (χ1) is 14.5. The molecule has 0 heterocycles. The maximum absolute atomic E-state index is 11.9. The molecule has 1 aromatic rings. The lowest BCUT2D eigenvalue weighted by molar-refractivity contribution is 0.481. The van der Waals surface area contributed by atoms with Gasteiger partial charge >= 0.3 is 0 Å². The molecule has 0 fully saturated rings. The van der Waals surface area contributed by atoms with Gasteiger partial charge in [0.25, 0.3) is 10.1 Å². The highest BCUT2D eigenvalue weighted by atomic mass is 32.2. The van der Waals surface area contributed by atoms with Crippen molar-refractivity contribution < 1.29 is 13.0 Å². The maximum atomic E-state index is 11.9. The smallest absolute Gasteiger partial charge is 0.282 e. The van der Waals surface area contributed by atoms with Crippen molar-refractivity contribution >= 4 is 10.1 Å². The third-order valence-electron chi connectivity index (χ3n) is 6.03. The van der Waals surface area contributed by atoms with Crippen LogP contribution >= 0.6 is 0 Å². The molecule has 1 aromatic carbocycles. The van der Waals surface area contributed by atoms with Crippen LogP contribution in [-0.2, 0) is 23.0 Å². The summed E-state index contributed by atoms with van der Waals surface area (Å²) in [5, 5.41) is 0. The highest BCUT2D eigenvalue weighted by molar-refractivity contribution is 7.85. The molecule has 0 spiro atoms. The van der Waals surface area contributed by atoms with Crippen LogP contribution in [0.3, 0.4) is 0 Å². The molecule has 0 saturated heterocycles. The summed E-state index contributed by atoms with van der Waals surface area (Å²) in [4.78, 5) is 0.127. The van der Waals surface area contributed by atoms with Gasteiger partial charge < -0.3 is 0 Å². The summed E-state index contributed by atoms with van der Waals surface area (Å²) in [5.74, 6) is 0. The standard InChI is InChI=1S/C26H46O3S/c1-3-5-7-9-11-13-15-17-19-24-21-22-25(26(23-24)30(27,28)29)20-18-16-14-12-10-8-6-4-2/h21-23H,3-20H2,1-2H3,(H,27,28,29). The van der Waals surface area contributed by atoms with Gasteiger partial charge in [-0.2, -0.15) is 8.42 Å². The zero-order chi connectivity index (χ0) is 22.1. The Kier molecular flexibility index (Phi) is 15.2. The Balaban J connectivity index is 2.39. The minimum atomic E-state index is -4.16. The first kappa shape index (κ1) is 27.2. The van der Waals surface area contributed by atoms with Gasteiger partial charge in [0.05, 0.1) is 4.90 Å². The van der Waals surface area contributed by atoms with Crippen molar-refractivity contribution in [3.63, 3.8) is 0 Å². The molecular weight excluding hydrogens is 392 g/mol. The molecule has 3 nitrogen and oxygen atoms in total. The Bertz CT molecular complexity index is 652. The molecular formula is C26H46O3S. The van der Waals surface area contributed by atoms with E-state index in [0.717, 1.165) is 43.2 Å². The van der Waals surface area contributed by atoms with Crippen LogP contribution in [0.5, 0.6) is 0 Å². The van der Waals surface area contributed by atoms with Crippen molar-refractivity contribution in [2.75, 3.05) is 0 Å². The Morgan fingerprint density at radius 2 is 1.07 bits per heavy atom. The van der Waals surface area contributed by atoms with E-state index in [9.17, 15) is 13.0 Å². The second-order valence-electron chi connectivity index (χ2n) is 8.87. The lowest BCUT2D eigenvalue weighted by atomic mass is 10.0. The molecule has 0 saturated carbocycles. The van der Waals surface area contributed by atoms with E-state index in [1.165, 1.54) is 83.5 Å². The molecule has 0 aliphatic heterocycles. The average Bonchev–Trinajstić information content (AvgIpc) is 2.72. The van der Waals surface area contributed by atoms with E-state index in [4.69, 9.17) is 0 Å². The van der Waals surface area contributed by atoms with Gasteiger partial charge in [-0.1, -0.05) is 116 Å². The summed E-state index contributed by atoms with van der Waals surface area (Å²) in [6, 6.07) is 5.68. The lowest BCUT2D eigenvalue weighted by Gasteiger charge is -2.10. The largest absolute Gasteiger partial charge is 0.294 e. The second kappa shape index (κ2) is 16.8. The number of benzene rings is 1. The van der Waals surface area contributed by atoms with Crippen LogP contribution in [0.4, 0.5) is 0 Å². The van der Waals surface area contributed by atoms with Gasteiger partial charge in [-0.25, -0.2) is 0 Å². The summed E-state index contributed by atoms with van der Waals surface area (Å²) in [5.41, 5.74) is 1.79. The van der Waals surface area contributed by atoms with Crippen LogP contribution in [0.25, 0.3) is 0 Å². The molecule has 0 unspecified atom stereocenters. The van der Waals surface area contributed by atoms with Crippen LogP contribution in [-0.4, -0.2) is 13.0 Å². The molecule has 4 heteroatoms. The van der Waals surface area contributed by atoms with Crippen molar-refractivity contribution in [2.45, 2.75) is 134 Å². The van der Waals surface area contributed by atoms with Crippen LogP contribution in [0.2, 0.25) is 0 Å². The van der Waals surface area contributed by atoms with Crippen molar-refractivity contribution in [1.82, 2.24) is 0 Å². The highest BCUT2D eigenvalue weighted by Crippen LogP contribution is 2.22. The fraction of sp³-hybridized carbons (Fsp3) is 0.769. The molecule has 0 atom stereocenters. The number of rotatable bonds is 19. The van der Waals surface area contributed by atoms with Crippen molar-refractivity contribution in [3.8, 4) is 0 Å². The van der Waals surface area contributed by atoms with Gasteiger partial charge in [-0.05, 0) is 42.9 Å². The monoisotopic (exact) mass is 438 g/mol. The second-order valence-corrected chi connectivity index (χ2v) is 10.3. The molecule has 0 bridgehead atoms. The Morgan fingerprint density at radius 3 is 1.53 bits per heavy atom. The van der Waals surface area contributed by atoms with Crippen LogP contribution in [0, 0.1) is 0 Å². The molecule has 0 amide bonds. The normalized spacial score (nSPS) is 11.8. The predicted octanol–water partition coefficient (Wildman–Crippen LogP) is 8.30. The van der Waals surface area contributed by atoms with Gasteiger partial charge in [0.15, 0.2) is 0 Å². The van der Waals surface area contributed by atoms with E-state index in [2.05, 4.69) is 19.9 Å². The van der Waals surface area contributed by atoms with Crippen molar-refractivity contribution in [1.29, 1.82) is 0 Å².